The van der Waals surface area contributed by atoms with E-state index in [1.807, 2.05) is 0 Å². The highest BCUT2D eigenvalue weighted by molar-refractivity contribution is 6.04. The van der Waals surface area contributed by atoms with Crippen molar-refractivity contribution in [3.8, 4) is 5.75 Å². The van der Waals surface area contributed by atoms with E-state index in [2.05, 4.69) is 10.6 Å². The van der Waals surface area contributed by atoms with E-state index in [1.165, 1.54) is 6.07 Å². The zero-order valence-corrected chi connectivity index (χ0v) is 11.3. The third-order valence-corrected chi connectivity index (χ3v) is 2.96. The van der Waals surface area contributed by atoms with Gasteiger partial charge in [-0.15, -0.1) is 0 Å². The number of benzene rings is 1. The van der Waals surface area contributed by atoms with Gasteiger partial charge in [0.2, 0.25) is 0 Å². The lowest BCUT2D eigenvalue weighted by atomic mass is 9.98. The molecule has 0 bridgehead atoms. The minimum atomic E-state index is -0.522. The molecular formula is C14H16N2O4. The van der Waals surface area contributed by atoms with Gasteiger partial charge in [-0.2, -0.15) is 0 Å². The van der Waals surface area contributed by atoms with Crippen molar-refractivity contribution in [1.29, 1.82) is 0 Å². The number of rotatable bonds is 3. The summed E-state index contributed by atoms with van der Waals surface area (Å²) < 4.78 is 5.01. The van der Waals surface area contributed by atoms with Gasteiger partial charge in [-0.3, -0.25) is 0 Å². The summed E-state index contributed by atoms with van der Waals surface area (Å²) >= 11 is 0. The predicted octanol–water partition coefficient (Wildman–Crippen LogP) is 1.37. The summed E-state index contributed by atoms with van der Waals surface area (Å²) in [4.78, 5) is 23.7. The van der Waals surface area contributed by atoms with E-state index in [9.17, 15) is 14.7 Å². The summed E-state index contributed by atoms with van der Waals surface area (Å²) in [7, 11) is 0. The monoisotopic (exact) mass is 276 g/mol. The number of phenols is 1. The average molecular weight is 276 g/mol. The third kappa shape index (κ3) is 2.59. The van der Waals surface area contributed by atoms with E-state index >= 15 is 0 Å². The standard InChI is InChI=1S/C14H16N2O4/c1-3-20-13(18)11-8(2)15-14(19)16-12(11)9-6-4-5-7-10(9)17/h4-8,17H,3H2,1-2H3,(H2,15,16,19). The van der Waals surface area contributed by atoms with Gasteiger partial charge in [0.05, 0.1) is 23.9 Å². The summed E-state index contributed by atoms with van der Waals surface area (Å²) in [5, 5.41) is 15.1. The fourth-order valence-electron chi connectivity index (χ4n) is 2.09. The molecule has 0 saturated carbocycles. The van der Waals surface area contributed by atoms with Gasteiger partial charge in [0.15, 0.2) is 0 Å². The summed E-state index contributed by atoms with van der Waals surface area (Å²) in [6, 6.07) is 5.56. The number of hydrogen-bond acceptors (Lipinski definition) is 4. The lowest BCUT2D eigenvalue weighted by Gasteiger charge is -2.27. The summed E-state index contributed by atoms with van der Waals surface area (Å²) in [5.74, 6) is -0.538. The van der Waals surface area contributed by atoms with Crippen LogP contribution in [0.25, 0.3) is 5.70 Å². The molecule has 0 aliphatic carbocycles. The van der Waals surface area contributed by atoms with Gasteiger partial charge < -0.3 is 20.5 Å². The lowest BCUT2D eigenvalue weighted by Crippen LogP contribution is -2.48. The topological polar surface area (TPSA) is 87.7 Å². The summed E-state index contributed by atoms with van der Waals surface area (Å²) in [6.07, 6.45) is 0. The maximum Gasteiger partial charge on any atom is 0.338 e. The van der Waals surface area contributed by atoms with Crippen molar-refractivity contribution in [1.82, 2.24) is 10.6 Å². The van der Waals surface area contributed by atoms with Gasteiger partial charge in [0, 0.05) is 5.56 Å². The predicted molar refractivity (Wildman–Crippen MR) is 72.8 cm³/mol. The molecule has 0 saturated heterocycles. The van der Waals surface area contributed by atoms with Gasteiger partial charge in [-0.25, -0.2) is 9.59 Å². The molecule has 0 spiro atoms. The molecule has 1 aromatic rings. The third-order valence-electron chi connectivity index (χ3n) is 2.96. The van der Waals surface area contributed by atoms with Crippen LogP contribution in [0.1, 0.15) is 19.4 Å². The number of para-hydroxylation sites is 1. The van der Waals surface area contributed by atoms with Crippen molar-refractivity contribution in [2.24, 2.45) is 0 Å². The van der Waals surface area contributed by atoms with Crippen LogP contribution in [0.2, 0.25) is 0 Å². The number of esters is 1. The van der Waals surface area contributed by atoms with Crippen LogP contribution in [0.3, 0.4) is 0 Å². The molecule has 0 aromatic heterocycles. The molecule has 2 rings (SSSR count). The highest BCUT2D eigenvalue weighted by Gasteiger charge is 2.31. The Hall–Kier alpha value is -2.50. The number of nitrogens with one attached hydrogen (secondary N) is 2. The first-order valence-corrected chi connectivity index (χ1v) is 6.31. The van der Waals surface area contributed by atoms with Crippen molar-refractivity contribution in [2.75, 3.05) is 6.61 Å². The summed E-state index contributed by atoms with van der Waals surface area (Å²) in [5.41, 5.74) is 0.947. The molecule has 106 valence electrons. The first kappa shape index (κ1) is 13.9. The summed E-state index contributed by atoms with van der Waals surface area (Å²) in [6.45, 7) is 3.62. The van der Waals surface area contributed by atoms with Gasteiger partial charge in [-0.1, -0.05) is 12.1 Å². The molecule has 1 aliphatic heterocycles. The molecule has 1 aliphatic rings. The molecule has 3 N–H and O–H groups in total. The fourth-order valence-corrected chi connectivity index (χ4v) is 2.09. The van der Waals surface area contributed by atoms with Crippen LogP contribution in [-0.2, 0) is 9.53 Å². The lowest BCUT2D eigenvalue weighted by molar-refractivity contribution is -0.138. The maximum atomic E-state index is 12.1. The molecular weight excluding hydrogens is 260 g/mol. The van der Waals surface area contributed by atoms with Crippen molar-refractivity contribution in [3.63, 3.8) is 0 Å². The highest BCUT2D eigenvalue weighted by Crippen LogP contribution is 2.28. The first-order valence-electron chi connectivity index (χ1n) is 6.31. The van der Waals surface area contributed by atoms with E-state index in [1.54, 1.807) is 32.0 Å². The second-order valence-corrected chi connectivity index (χ2v) is 4.35. The molecule has 1 unspecified atom stereocenters. The zero-order valence-electron chi connectivity index (χ0n) is 11.3. The maximum absolute atomic E-state index is 12.1. The molecule has 0 radical (unpaired) electrons. The Bertz CT molecular complexity index is 580. The van der Waals surface area contributed by atoms with Crippen molar-refractivity contribution >= 4 is 17.7 Å². The van der Waals surface area contributed by atoms with Crippen LogP contribution in [0.5, 0.6) is 5.75 Å². The SMILES string of the molecule is CCOC(=O)C1=C(c2ccccc2O)NC(=O)NC1C. The van der Waals surface area contributed by atoms with E-state index in [4.69, 9.17) is 4.74 Å². The number of phenolic OH excluding ortho intramolecular Hbond substituents is 1. The number of urea groups is 1. The van der Waals surface area contributed by atoms with E-state index in [0.717, 1.165) is 0 Å². The van der Waals surface area contributed by atoms with Crippen LogP contribution < -0.4 is 10.6 Å². The Labute approximate surface area is 116 Å². The van der Waals surface area contributed by atoms with Gasteiger partial charge in [0.25, 0.3) is 0 Å². The zero-order chi connectivity index (χ0) is 14.7. The second kappa shape index (κ2) is 5.64. The van der Waals surface area contributed by atoms with Crippen LogP contribution in [-0.4, -0.2) is 29.8 Å². The number of carbonyl (C=O) groups excluding carboxylic acids is 2. The molecule has 6 heteroatoms. The second-order valence-electron chi connectivity index (χ2n) is 4.35. The van der Waals surface area contributed by atoms with Crippen LogP contribution in [0.4, 0.5) is 4.79 Å². The molecule has 1 heterocycles. The normalized spacial score (nSPS) is 18.3. The van der Waals surface area contributed by atoms with E-state index in [-0.39, 0.29) is 23.6 Å². The number of amides is 2. The Morgan fingerprint density at radius 3 is 2.75 bits per heavy atom. The Morgan fingerprint density at radius 1 is 1.40 bits per heavy atom. The van der Waals surface area contributed by atoms with Gasteiger partial charge >= 0.3 is 12.0 Å². The quantitative estimate of drug-likeness (QED) is 0.728. The Balaban J connectivity index is 2.56. The first-order chi connectivity index (χ1) is 9.54. The van der Waals surface area contributed by atoms with Crippen molar-refractivity contribution in [2.45, 2.75) is 19.9 Å². The Kier molecular flexibility index (Phi) is 3.93. The van der Waals surface area contributed by atoms with Crippen molar-refractivity contribution in [3.05, 3.63) is 35.4 Å². The molecule has 20 heavy (non-hydrogen) atoms. The minimum Gasteiger partial charge on any atom is -0.507 e. The number of ether oxygens (including phenoxy) is 1. The average Bonchev–Trinajstić information content (AvgIpc) is 2.38. The smallest absolute Gasteiger partial charge is 0.338 e. The van der Waals surface area contributed by atoms with Crippen LogP contribution >= 0.6 is 0 Å². The molecule has 2 amide bonds. The molecule has 1 atom stereocenters. The molecule has 6 nitrogen and oxygen atoms in total. The van der Waals surface area contributed by atoms with Crippen LogP contribution in [0.15, 0.2) is 29.8 Å². The van der Waals surface area contributed by atoms with E-state index in [0.29, 0.717) is 5.56 Å². The number of carbonyl (C=O) groups is 2. The highest BCUT2D eigenvalue weighted by atomic mass is 16.5. The molecule has 0 fully saturated rings. The number of aromatic hydroxyl groups is 1. The minimum absolute atomic E-state index is 0.0151. The van der Waals surface area contributed by atoms with Gasteiger partial charge in [-0.05, 0) is 26.0 Å². The fraction of sp³-hybridized carbons (Fsp3) is 0.286. The van der Waals surface area contributed by atoms with E-state index < -0.39 is 18.0 Å². The number of hydrogen-bond donors (Lipinski definition) is 3. The molecule has 1 aromatic carbocycles. The van der Waals surface area contributed by atoms with Gasteiger partial charge in [0.1, 0.15) is 5.75 Å². The Morgan fingerprint density at radius 2 is 2.10 bits per heavy atom. The van der Waals surface area contributed by atoms with Crippen molar-refractivity contribution < 1.29 is 19.4 Å². The van der Waals surface area contributed by atoms with Crippen LogP contribution in [0, 0.1) is 0 Å². The largest absolute Gasteiger partial charge is 0.507 e.